The van der Waals surface area contributed by atoms with Gasteiger partial charge in [-0.2, -0.15) is 13.2 Å². The molecule has 3 aromatic heterocycles. The van der Waals surface area contributed by atoms with E-state index in [1.807, 2.05) is 24.3 Å². The van der Waals surface area contributed by atoms with Gasteiger partial charge < -0.3 is 5.32 Å². The van der Waals surface area contributed by atoms with Crippen molar-refractivity contribution < 1.29 is 13.2 Å². The van der Waals surface area contributed by atoms with Crippen molar-refractivity contribution in [2.75, 3.05) is 5.32 Å². The van der Waals surface area contributed by atoms with Crippen molar-refractivity contribution in [2.45, 2.75) is 13.1 Å². The number of imidazole rings is 1. The van der Waals surface area contributed by atoms with E-state index >= 15 is 0 Å². The lowest BCUT2D eigenvalue weighted by atomic mass is 10.2. The molecule has 0 unspecified atom stereocenters. The largest absolute Gasteiger partial charge is 0.417 e. The van der Waals surface area contributed by atoms with Gasteiger partial charge in [-0.3, -0.25) is 4.40 Å². The van der Waals surface area contributed by atoms with Gasteiger partial charge in [-0.1, -0.05) is 15.9 Å². The molecule has 28 heavy (non-hydrogen) atoms. The van der Waals surface area contributed by atoms with Crippen molar-refractivity contribution in [1.29, 1.82) is 0 Å². The van der Waals surface area contributed by atoms with Crippen LogP contribution in [-0.2, 0) is 6.18 Å². The standard InChI is InChI=1S/C19H13BrF3N5/c1-11-17(28-10-12(19(21,22)23)2-7-16(28)25-11)18-24-9-8-15(27-18)26-14-5-3-13(20)4-6-14/h2-10H,1H3,(H,24,26,27). The summed E-state index contributed by atoms with van der Waals surface area (Å²) in [4.78, 5) is 13.0. The lowest BCUT2D eigenvalue weighted by Gasteiger charge is -2.09. The number of aryl methyl sites for hydroxylation is 1. The van der Waals surface area contributed by atoms with Gasteiger partial charge >= 0.3 is 6.18 Å². The molecule has 1 N–H and O–H groups in total. The van der Waals surface area contributed by atoms with E-state index in [2.05, 4.69) is 36.2 Å². The fourth-order valence-electron chi connectivity index (χ4n) is 2.82. The van der Waals surface area contributed by atoms with Crippen molar-refractivity contribution in [3.63, 3.8) is 0 Å². The highest BCUT2D eigenvalue weighted by molar-refractivity contribution is 9.10. The number of rotatable bonds is 3. The van der Waals surface area contributed by atoms with Gasteiger partial charge in [0.1, 0.15) is 17.2 Å². The number of fused-ring (bicyclic) bond motifs is 1. The lowest BCUT2D eigenvalue weighted by molar-refractivity contribution is -0.137. The van der Waals surface area contributed by atoms with Crippen LogP contribution >= 0.6 is 15.9 Å². The monoisotopic (exact) mass is 447 g/mol. The Bertz CT molecular complexity index is 1150. The van der Waals surface area contributed by atoms with Crippen LogP contribution in [0.2, 0.25) is 0 Å². The van der Waals surface area contributed by atoms with E-state index < -0.39 is 11.7 Å². The summed E-state index contributed by atoms with van der Waals surface area (Å²) in [6.07, 6.45) is -1.88. The molecule has 0 atom stereocenters. The quantitative estimate of drug-likeness (QED) is 0.442. The third-order valence-electron chi connectivity index (χ3n) is 4.10. The molecule has 0 saturated heterocycles. The molecule has 0 aliphatic rings. The predicted molar refractivity (Wildman–Crippen MR) is 103 cm³/mol. The van der Waals surface area contributed by atoms with Crippen molar-refractivity contribution >= 4 is 33.1 Å². The molecule has 9 heteroatoms. The molecule has 0 fully saturated rings. The van der Waals surface area contributed by atoms with Crippen LogP contribution in [0, 0.1) is 6.92 Å². The Morgan fingerprint density at radius 1 is 1.00 bits per heavy atom. The van der Waals surface area contributed by atoms with Crippen LogP contribution in [0.1, 0.15) is 11.3 Å². The number of anilines is 2. The summed E-state index contributed by atoms with van der Waals surface area (Å²) in [6.45, 7) is 1.72. The second kappa shape index (κ2) is 6.90. The summed E-state index contributed by atoms with van der Waals surface area (Å²) in [7, 11) is 0. The van der Waals surface area contributed by atoms with Gasteiger partial charge in [0.15, 0.2) is 5.82 Å². The number of hydrogen-bond donors (Lipinski definition) is 1. The highest BCUT2D eigenvalue weighted by atomic mass is 79.9. The normalized spacial score (nSPS) is 11.8. The van der Waals surface area contributed by atoms with Gasteiger partial charge in [0.25, 0.3) is 0 Å². The van der Waals surface area contributed by atoms with Crippen LogP contribution in [0.15, 0.2) is 59.3 Å². The van der Waals surface area contributed by atoms with Gasteiger partial charge in [0.05, 0.1) is 11.3 Å². The Hall–Kier alpha value is -2.94. The first-order valence-corrected chi connectivity index (χ1v) is 9.02. The van der Waals surface area contributed by atoms with Crippen LogP contribution in [0.5, 0.6) is 0 Å². The Morgan fingerprint density at radius 3 is 2.46 bits per heavy atom. The minimum absolute atomic E-state index is 0.284. The van der Waals surface area contributed by atoms with Crippen molar-refractivity contribution in [3.8, 4) is 11.5 Å². The maximum Gasteiger partial charge on any atom is 0.417 e. The number of aromatic nitrogens is 4. The molecule has 3 heterocycles. The molecule has 1 aromatic carbocycles. The van der Waals surface area contributed by atoms with E-state index in [1.54, 1.807) is 19.2 Å². The summed E-state index contributed by atoms with van der Waals surface area (Å²) in [5.41, 5.74) is 1.42. The predicted octanol–water partition coefficient (Wildman–Crippen LogP) is 5.62. The van der Waals surface area contributed by atoms with E-state index in [0.29, 0.717) is 22.9 Å². The Labute approximate surface area is 166 Å². The van der Waals surface area contributed by atoms with E-state index in [1.165, 1.54) is 10.5 Å². The first kappa shape index (κ1) is 18.4. The Balaban J connectivity index is 1.77. The third-order valence-corrected chi connectivity index (χ3v) is 4.63. The maximum atomic E-state index is 13.1. The fraction of sp³-hybridized carbons (Fsp3) is 0.105. The molecule has 0 aliphatic heterocycles. The second-order valence-corrected chi connectivity index (χ2v) is 7.00. The number of benzene rings is 1. The second-order valence-electron chi connectivity index (χ2n) is 6.09. The van der Waals surface area contributed by atoms with Gasteiger partial charge in [0.2, 0.25) is 0 Å². The topological polar surface area (TPSA) is 55.1 Å². The zero-order valence-electron chi connectivity index (χ0n) is 14.5. The van der Waals surface area contributed by atoms with E-state index in [0.717, 1.165) is 22.4 Å². The lowest BCUT2D eigenvalue weighted by Crippen LogP contribution is -2.07. The first-order chi connectivity index (χ1) is 13.3. The summed E-state index contributed by atoms with van der Waals surface area (Å²) in [6, 6.07) is 11.6. The van der Waals surface area contributed by atoms with E-state index in [-0.39, 0.29) is 5.82 Å². The van der Waals surface area contributed by atoms with Gasteiger partial charge in [-0.25, -0.2) is 15.0 Å². The molecule has 0 saturated carbocycles. The zero-order valence-corrected chi connectivity index (χ0v) is 16.1. The van der Waals surface area contributed by atoms with Crippen molar-refractivity contribution in [1.82, 2.24) is 19.4 Å². The van der Waals surface area contributed by atoms with Crippen LogP contribution in [0.25, 0.3) is 17.2 Å². The summed E-state index contributed by atoms with van der Waals surface area (Å²) < 4.78 is 41.7. The Morgan fingerprint density at radius 2 is 1.75 bits per heavy atom. The van der Waals surface area contributed by atoms with Gasteiger partial charge in [-0.05, 0) is 49.4 Å². The molecule has 0 bridgehead atoms. The molecule has 0 aliphatic carbocycles. The number of alkyl halides is 3. The van der Waals surface area contributed by atoms with Gasteiger partial charge in [-0.15, -0.1) is 0 Å². The van der Waals surface area contributed by atoms with Crippen LogP contribution < -0.4 is 5.32 Å². The number of halogens is 4. The zero-order chi connectivity index (χ0) is 19.9. The smallest absolute Gasteiger partial charge is 0.340 e. The van der Waals surface area contributed by atoms with Crippen molar-refractivity contribution in [2.24, 2.45) is 0 Å². The summed E-state index contributed by atoms with van der Waals surface area (Å²) in [5.74, 6) is 0.806. The molecular weight excluding hydrogens is 435 g/mol. The SMILES string of the molecule is Cc1nc2ccc(C(F)(F)F)cn2c1-c1nccc(Nc2ccc(Br)cc2)n1. The summed E-state index contributed by atoms with van der Waals surface area (Å²) in [5, 5.41) is 3.16. The van der Waals surface area contributed by atoms with Gasteiger partial charge in [0, 0.05) is 22.6 Å². The van der Waals surface area contributed by atoms with E-state index in [4.69, 9.17) is 0 Å². The number of nitrogens with zero attached hydrogens (tertiary/aromatic N) is 4. The highest BCUT2D eigenvalue weighted by Gasteiger charge is 2.31. The number of nitrogens with one attached hydrogen (secondary N) is 1. The number of hydrogen-bond acceptors (Lipinski definition) is 4. The van der Waals surface area contributed by atoms with Crippen LogP contribution in [0.4, 0.5) is 24.7 Å². The first-order valence-electron chi connectivity index (χ1n) is 8.23. The Kier molecular flexibility index (Phi) is 4.54. The molecule has 0 radical (unpaired) electrons. The van der Waals surface area contributed by atoms with Crippen molar-refractivity contribution in [3.05, 3.63) is 70.6 Å². The molecule has 5 nitrogen and oxygen atoms in total. The highest BCUT2D eigenvalue weighted by Crippen LogP contribution is 2.31. The third kappa shape index (κ3) is 3.57. The fourth-order valence-corrected chi connectivity index (χ4v) is 3.09. The molecular formula is C19H13BrF3N5. The average molecular weight is 448 g/mol. The molecule has 0 amide bonds. The van der Waals surface area contributed by atoms with Crippen LogP contribution in [0.3, 0.4) is 0 Å². The molecule has 0 spiro atoms. The number of pyridine rings is 1. The molecule has 4 aromatic rings. The maximum absolute atomic E-state index is 13.1. The summed E-state index contributed by atoms with van der Waals surface area (Å²) >= 11 is 3.38. The molecule has 142 valence electrons. The average Bonchev–Trinajstić information content (AvgIpc) is 2.98. The van der Waals surface area contributed by atoms with E-state index in [9.17, 15) is 13.2 Å². The minimum Gasteiger partial charge on any atom is -0.340 e. The van der Waals surface area contributed by atoms with Crippen LogP contribution in [-0.4, -0.2) is 19.4 Å². The molecule has 4 rings (SSSR count). The minimum atomic E-state index is -4.45.